The van der Waals surface area contributed by atoms with E-state index in [9.17, 15) is 4.79 Å². The molecule has 1 aromatic heterocycles. The molecule has 0 spiro atoms. The molecule has 0 amide bonds. The van der Waals surface area contributed by atoms with Crippen molar-refractivity contribution in [1.29, 1.82) is 0 Å². The lowest BCUT2D eigenvalue weighted by molar-refractivity contribution is 0.0514. The van der Waals surface area contributed by atoms with Gasteiger partial charge in [0.05, 0.1) is 6.61 Å². The van der Waals surface area contributed by atoms with Crippen LogP contribution in [0.4, 0.5) is 0 Å². The van der Waals surface area contributed by atoms with Gasteiger partial charge < -0.3 is 9.26 Å². The Morgan fingerprint density at radius 1 is 1.71 bits per heavy atom. The summed E-state index contributed by atoms with van der Waals surface area (Å²) in [5.41, 5.74) is 0.280. The Labute approximate surface area is 82.2 Å². The monoisotopic (exact) mass is 195 g/mol. The highest BCUT2D eigenvalue weighted by Crippen LogP contribution is 2.32. The fraction of sp³-hybridized carbons (Fsp3) is 0.600. The molecule has 1 saturated carbocycles. The molecule has 1 aliphatic rings. The average Bonchev–Trinajstić information content (AvgIpc) is 2.82. The summed E-state index contributed by atoms with van der Waals surface area (Å²) in [7, 11) is 0. The Balaban J connectivity index is 1.97. The normalized spacial score (nSPS) is 15.5. The van der Waals surface area contributed by atoms with Crippen LogP contribution in [0.3, 0.4) is 0 Å². The summed E-state index contributed by atoms with van der Waals surface area (Å²) in [6.45, 7) is 2.13. The van der Waals surface area contributed by atoms with Crippen molar-refractivity contribution in [2.75, 3.05) is 6.61 Å². The second-order valence-corrected chi connectivity index (χ2v) is 3.55. The van der Waals surface area contributed by atoms with Gasteiger partial charge in [-0.15, -0.1) is 0 Å². The fourth-order valence-electron chi connectivity index (χ4n) is 1.32. The van der Waals surface area contributed by atoms with Crippen molar-refractivity contribution in [3.05, 3.63) is 17.5 Å². The number of hydrogen-bond donors (Lipinski definition) is 0. The van der Waals surface area contributed by atoms with Gasteiger partial charge in [0, 0.05) is 12.5 Å². The lowest BCUT2D eigenvalue weighted by atomic mass is 10.2. The van der Waals surface area contributed by atoms with Crippen LogP contribution in [-0.2, 0) is 11.2 Å². The third kappa shape index (κ3) is 2.13. The standard InChI is InChI=1S/C10H13NO3/c1-2-13-10(12)9-6-8(14-11-9)5-7-3-4-7/h6-7H,2-5H2,1H3. The Morgan fingerprint density at radius 3 is 3.14 bits per heavy atom. The lowest BCUT2D eigenvalue weighted by Crippen LogP contribution is -2.04. The first-order chi connectivity index (χ1) is 6.79. The maximum Gasteiger partial charge on any atom is 0.360 e. The second kappa shape index (κ2) is 3.82. The molecule has 0 aromatic carbocycles. The van der Waals surface area contributed by atoms with E-state index in [0.29, 0.717) is 6.61 Å². The van der Waals surface area contributed by atoms with Gasteiger partial charge in [-0.2, -0.15) is 0 Å². The number of aromatic nitrogens is 1. The Bertz CT molecular complexity index is 328. The molecule has 1 heterocycles. The van der Waals surface area contributed by atoms with Crippen molar-refractivity contribution >= 4 is 5.97 Å². The summed E-state index contributed by atoms with van der Waals surface area (Å²) in [6.07, 6.45) is 3.41. The molecule has 76 valence electrons. The molecular formula is C10H13NO3. The first-order valence-electron chi connectivity index (χ1n) is 4.92. The zero-order valence-electron chi connectivity index (χ0n) is 8.16. The number of carbonyl (C=O) groups is 1. The number of esters is 1. The van der Waals surface area contributed by atoms with Crippen molar-refractivity contribution in [3.63, 3.8) is 0 Å². The van der Waals surface area contributed by atoms with Crippen LogP contribution in [0.5, 0.6) is 0 Å². The van der Waals surface area contributed by atoms with Crippen LogP contribution in [0.1, 0.15) is 36.0 Å². The number of carbonyl (C=O) groups excluding carboxylic acids is 1. The number of ether oxygens (including phenoxy) is 1. The van der Waals surface area contributed by atoms with Crippen LogP contribution in [0.25, 0.3) is 0 Å². The molecule has 4 nitrogen and oxygen atoms in total. The number of rotatable bonds is 4. The summed E-state index contributed by atoms with van der Waals surface area (Å²) in [5, 5.41) is 3.67. The van der Waals surface area contributed by atoms with Crippen molar-refractivity contribution in [1.82, 2.24) is 5.16 Å². The van der Waals surface area contributed by atoms with Crippen LogP contribution in [0.2, 0.25) is 0 Å². The van der Waals surface area contributed by atoms with Gasteiger partial charge in [-0.1, -0.05) is 5.16 Å². The third-order valence-corrected chi connectivity index (χ3v) is 2.23. The SMILES string of the molecule is CCOC(=O)c1cc(CC2CC2)on1. The number of hydrogen-bond acceptors (Lipinski definition) is 4. The van der Waals surface area contributed by atoms with Gasteiger partial charge in [-0.3, -0.25) is 0 Å². The molecule has 0 atom stereocenters. The van der Waals surface area contributed by atoms with Crippen molar-refractivity contribution in [3.8, 4) is 0 Å². The first-order valence-corrected chi connectivity index (χ1v) is 4.92. The van der Waals surface area contributed by atoms with Gasteiger partial charge in [0.15, 0.2) is 5.69 Å². The minimum absolute atomic E-state index is 0.280. The first kappa shape index (κ1) is 9.24. The van der Waals surface area contributed by atoms with Crippen LogP contribution >= 0.6 is 0 Å². The molecule has 1 aliphatic carbocycles. The van der Waals surface area contributed by atoms with E-state index >= 15 is 0 Å². The van der Waals surface area contributed by atoms with E-state index in [0.717, 1.165) is 18.1 Å². The van der Waals surface area contributed by atoms with Gasteiger partial charge in [0.1, 0.15) is 5.76 Å². The number of nitrogens with zero attached hydrogens (tertiary/aromatic N) is 1. The topological polar surface area (TPSA) is 52.3 Å². The van der Waals surface area contributed by atoms with E-state index in [1.807, 2.05) is 0 Å². The third-order valence-electron chi connectivity index (χ3n) is 2.23. The predicted molar refractivity (Wildman–Crippen MR) is 48.9 cm³/mol. The van der Waals surface area contributed by atoms with E-state index in [-0.39, 0.29) is 5.69 Å². The average molecular weight is 195 g/mol. The molecule has 0 radical (unpaired) electrons. The quantitative estimate of drug-likeness (QED) is 0.687. The van der Waals surface area contributed by atoms with Crippen LogP contribution in [-0.4, -0.2) is 17.7 Å². The molecule has 0 unspecified atom stereocenters. The molecule has 0 aliphatic heterocycles. The van der Waals surface area contributed by atoms with Gasteiger partial charge in [0.2, 0.25) is 0 Å². The van der Waals surface area contributed by atoms with Gasteiger partial charge in [-0.05, 0) is 25.7 Å². The van der Waals surface area contributed by atoms with E-state index in [4.69, 9.17) is 9.26 Å². The van der Waals surface area contributed by atoms with E-state index in [2.05, 4.69) is 5.16 Å². The molecule has 14 heavy (non-hydrogen) atoms. The van der Waals surface area contributed by atoms with Gasteiger partial charge >= 0.3 is 5.97 Å². The highest BCUT2D eigenvalue weighted by Gasteiger charge is 2.24. The van der Waals surface area contributed by atoms with Crippen LogP contribution in [0.15, 0.2) is 10.6 Å². The fourth-order valence-corrected chi connectivity index (χ4v) is 1.32. The molecular weight excluding hydrogens is 182 g/mol. The molecule has 1 aromatic rings. The van der Waals surface area contributed by atoms with E-state index < -0.39 is 5.97 Å². The summed E-state index contributed by atoms with van der Waals surface area (Å²) in [5.74, 6) is 1.12. The molecule has 0 N–H and O–H groups in total. The largest absolute Gasteiger partial charge is 0.461 e. The summed E-state index contributed by atoms with van der Waals surface area (Å²) < 4.78 is 9.83. The molecule has 0 saturated heterocycles. The van der Waals surface area contributed by atoms with Gasteiger partial charge in [-0.25, -0.2) is 4.79 Å². The summed E-state index contributed by atoms with van der Waals surface area (Å²) in [6, 6.07) is 1.68. The van der Waals surface area contributed by atoms with Crippen LogP contribution in [0, 0.1) is 5.92 Å². The highest BCUT2D eigenvalue weighted by molar-refractivity contribution is 5.87. The summed E-state index contributed by atoms with van der Waals surface area (Å²) in [4.78, 5) is 11.2. The highest BCUT2D eigenvalue weighted by atomic mass is 16.5. The Hall–Kier alpha value is -1.32. The van der Waals surface area contributed by atoms with Crippen molar-refractivity contribution in [2.24, 2.45) is 5.92 Å². The minimum Gasteiger partial charge on any atom is -0.461 e. The smallest absolute Gasteiger partial charge is 0.360 e. The molecule has 1 fully saturated rings. The minimum atomic E-state index is -0.404. The van der Waals surface area contributed by atoms with Gasteiger partial charge in [0.25, 0.3) is 0 Å². The summed E-state index contributed by atoms with van der Waals surface area (Å²) >= 11 is 0. The second-order valence-electron chi connectivity index (χ2n) is 3.55. The predicted octanol–water partition coefficient (Wildman–Crippen LogP) is 1.80. The maximum absolute atomic E-state index is 11.2. The van der Waals surface area contributed by atoms with Crippen molar-refractivity contribution < 1.29 is 14.1 Å². The zero-order chi connectivity index (χ0) is 9.97. The zero-order valence-corrected chi connectivity index (χ0v) is 8.16. The van der Waals surface area contributed by atoms with E-state index in [1.54, 1.807) is 13.0 Å². The lowest BCUT2D eigenvalue weighted by Gasteiger charge is -1.94. The Kier molecular flexibility index (Phi) is 2.52. The molecule has 4 heteroatoms. The molecule has 0 bridgehead atoms. The van der Waals surface area contributed by atoms with Crippen molar-refractivity contribution in [2.45, 2.75) is 26.2 Å². The molecule has 2 rings (SSSR count). The Morgan fingerprint density at radius 2 is 2.50 bits per heavy atom. The van der Waals surface area contributed by atoms with Crippen LogP contribution < -0.4 is 0 Å². The van der Waals surface area contributed by atoms with E-state index in [1.165, 1.54) is 12.8 Å². The maximum atomic E-state index is 11.2.